The molecule has 0 amide bonds. The minimum absolute atomic E-state index is 0.330. The largest absolute Gasteiger partial charge is 0.497 e. The monoisotopic (exact) mass is 320 g/mol. The van der Waals surface area contributed by atoms with Crippen molar-refractivity contribution < 1.29 is 9.47 Å². The Labute approximate surface area is 122 Å². The first-order chi connectivity index (χ1) is 9.28. The number of rotatable bonds is 5. The van der Waals surface area contributed by atoms with Gasteiger partial charge in [-0.05, 0) is 35.4 Å². The van der Waals surface area contributed by atoms with Gasteiger partial charge in [-0.1, -0.05) is 40.2 Å². The van der Waals surface area contributed by atoms with Crippen molar-refractivity contribution in [3.63, 3.8) is 0 Å². The van der Waals surface area contributed by atoms with E-state index in [0.29, 0.717) is 5.92 Å². The average molecular weight is 321 g/mol. The van der Waals surface area contributed by atoms with Gasteiger partial charge in [0.25, 0.3) is 0 Å². The first-order valence-electron chi connectivity index (χ1n) is 6.12. The van der Waals surface area contributed by atoms with Gasteiger partial charge < -0.3 is 9.47 Å². The Hall–Kier alpha value is -1.48. The van der Waals surface area contributed by atoms with Crippen molar-refractivity contribution in [1.29, 1.82) is 0 Å². The van der Waals surface area contributed by atoms with Gasteiger partial charge in [0.15, 0.2) is 0 Å². The second-order valence-corrected chi connectivity index (χ2v) is 4.90. The summed E-state index contributed by atoms with van der Waals surface area (Å²) in [6.07, 6.45) is 0. The molecule has 2 aromatic carbocycles. The molecule has 0 unspecified atom stereocenters. The van der Waals surface area contributed by atoms with Gasteiger partial charge in [0.05, 0.1) is 14.2 Å². The summed E-state index contributed by atoms with van der Waals surface area (Å²) in [6, 6.07) is 16.4. The number of alkyl halides is 1. The number of ether oxygens (including phenoxy) is 2. The van der Waals surface area contributed by atoms with Crippen LogP contribution in [0.15, 0.2) is 48.5 Å². The Morgan fingerprint density at radius 2 is 1.16 bits per heavy atom. The summed E-state index contributed by atoms with van der Waals surface area (Å²) in [7, 11) is 3.36. The van der Waals surface area contributed by atoms with Crippen LogP contribution >= 0.6 is 15.9 Å². The van der Waals surface area contributed by atoms with Gasteiger partial charge in [0, 0.05) is 11.2 Å². The van der Waals surface area contributed by atoms with Crippen LogP contribution in [0.1, 0.15) is 17.0 Å². The fraction of sp³-hybridized carbons (Fsp3) is 0.250. The zero-order chi connectivity index (χ0) is 13.7. The molecule has 0 heterocycles. The summed E-state index contributed by atoms with van der Waals surface area (Å²) in [4.78, 5) is 0. The lowest BCUT2D eigenvalue weighted by Gasteiger charge is -2.16. The van der Waals surface area contributed by atoms with E-state index < -0.39 is 0 Å². The maximum absolute atomic E-state index is 5.19. The molecule has 19 heavy (non-hydrogen) atoms. The van der Waals surface area contributed by atoms with Crippen LogP contribution in [0.3, 0.4) is 0 Å². The molecule has 2 aromatic rings. The van der Waals surface area contributed by atoms with Crippen molar-refractivity contribution in [1.82, 2.24) is 0 Å². The Morgan fingerprint density at radius 1 is 0.789 bits per heavy atom. The van der Waals surface area contributed by atoms with Crippen LogP contribution in [-0.2, 0) is 0 Å². The minimum atomic E-state index is 0.330. The SMILES string of the molecule is COc1ccc(C(CBr)c2ccc(OC)cc2)cc1. The van der Waals surface area contributed by atoms with E-state index >= 15 is 0 Å². The normalized spacial score (nSPS) is 10.5. The molecule has 2 rings (SSSR count). The quantitative estimate of drug-likeness (QED) is 0.767. The van der Waals surface area contributed by atoms with Crippen molar-refractivity contribution in [2.45, 2.75) is 5.92 Å². The topological polar surface area (TPSA) is 18.5 Å². The van der Waals surface area contributed by atoms with E-state index in [4.69, 9.17) is 9.47 Å². The highest BCUT2D eigenvalue weighted by molar-refractivity contribution is 9.09. The standard InChI is InChI=1S/C16H17BrO2/c1-18-14-7-3-12(4-8-14)16(11-17)13-5-9-15(19-2)10-6-13/h3-10,16H,11H2,1-2H3. The lowest BCUT2D eigenvalue weighted by molar-refractivity contribution is 0.414. The Kier molecular flexibility index (Phi) is 4.86. The third kappa shape index (κ3) is 3.29. The predicted octanol–water partition coefficient (Wildman–Crippen LogP) is 4.23. The Bertz CT molecular complexity index is 458. The Morgan fingerprint density at radius 3 is 1.42 bits per heavy atom. The van der Waals surface area contributed by atoms with Gasteiger partial charge >= 0.3 is 0 Å². The van der Waals surface area contributed by atoms with E-state index in [0.717, 1.165) is 16.8 Å². The molecule has 0 saturated carbocycles. The number of hydrogen-bond acceptors (Lipinski definition) is 2. The van der Waals surface area contributed by atoms with E-state index in [1.807, 2.05) is 24.3 Å². The third-order valence-corrected chi connectivity index (χ3v) is 3.84. The lowest BCUT2D eigenvalue weighted by Crippen LogP contribution is -2.02. The molecule has 0 aliphatic heterocycles. The van der Waals surface area contributed by atoms with Crippen LogP contribution in [0, 0.1) is 0 Å². The minimum Gasteiger partial charge on any atom is -0.497 e. The molecule has 2 nitrogen and oxygen atoms in total. The molecule has 0 bridgehead atoms. The van der Waals surface area contributed by atoms with Crippen LogP contribution in [0.5, 0.6) is 11.5 Å². The molecule has 0 radical (unpaired) electrons. The van der Waals surface area contributed by atoms with Crippen LogP contribution < -0.4 is 9.47 Å². The summed E-state index contributed by atoms with van der Waals surface area (Å²) >= 11 is 3.60. The number of hydrogen-bond donors (Lipinski definition) is 0. The summed E-state index contributed by atoms with van der Waals surface area (Å²) in [6.45, 7) is 0. The second-order valence-electron chi connectivity index (χ2n) is 4.25. The maximum atomic E-state index is 5.19. The summed E-state index contributed by atoms with van der Waals surface area (Å²) in [5.41, 5.74) is 2.53. The second kappa shape index (κ2) is 6.62. The molecule has 0 saturated heterocycles. The van der Waals surface area contributed by atoms with Gasteiger partial charge in [-0.3, -0.25) is 0 Å². The summed E-state index contributed by atoms with van der Waals surface area (Å²) < 4.78 is 10.4. The molecule has 0 N–H and O–H groups in total. The van der Waals surface area contributed by atoms with E-state index in [1.54, 1.807) is 14.2 Å². The van der Waals surface area contributed by atoms with E-state index in [1.165, 1.54) is 11.1 Å². The van der Waals surface area contributed by atoms with Crippen molar-refractivity contribution in [3.8, 4) is 11.5 Å². The molecule has 100 valence electrons. The molecule has 0 fully saturated rings. The zero-order valence-electron chi connectivity index (χ0n) is 11.1. The fourth-order valence-electron chi connectivity index (χ4n) is 2.04. The first kappa shape index (κ1) is 13.9. The highest BCUT2D eigenvalue weighted by Crippen LogP contribution is 2.29. The fourth-order valence-corrected chi connectivity index (χ4v) is 2.79. The van der Waals surface area contributed by atoms with E-state index in [-0.39, 0.29) is 0 Å². The molecule has 0 aliphatic rings. The van der Waals surface area contributed by atoms with Crippen LogP contribution in [0.4, 0.5) is 0 Å². The van der Waals surface area contributed by atoms with Crippen LogP contribution in [0.2, 0.25) is 0 Å². The van der Waals surface area contributed by atoms with Gasteiger partial charge in [0.2, 0.25) is 0 Å². The molecule has 3 heteroatoms. The zero-order valence-corrected chi connectivity index (χ0v) is 12.7. The van der Waals surface area contributed by atoms with Crippen molar-refractivity contribution in [3.05, 3.63) is 59.7 Å². The van der Waals surface area contributed by atoms with E-state index in [9.17, 15) is 0 Å². The highest BCUT2D eigenvalue weighted by Gasteiger charge is 2.12. The molecule has 0 aliphatic carbocycles. The molecule has 0 spiro atoms. The molecule has 0 atom stereocenters. The average Bonchev–Trinajstić information content (AvgIpc) is 2.49. The van der Waals surface area contributed by atoms with Gasteiger partial charge in [-0.25, -0.2) is 0 Å². The van der Waals surface area contributed by atoms with Crippen LogP contribution in [0.25, 0.3) is 0 Å². The molecular formula is C16H17BrO2. The lowest BCUT2D eigenvalue weighted by atomic mass is 9.93. The van der Waals surface area contributed by atoms with Gasteiger partial charge in [-0.15, -0.1) is 0 Å². The van der Waals surface area contributed by atoms with Gasteiger partial charge in [0.1, 0.15) is 11.5 Å². The van der Waals surface area contributed by atoms with Crippen molar-refractivity contribution in [2.75, 3.05) is 19.5 Å². The number of halogens is 1. The van der Waals surface area contributed by atoms with Crippen molar-refractivity contribution in [2.24, 2.45) is 0 Å². The maximum Gasteiger partial charge on any atom is 0.118 e. The third-order valence-electron chi connectivity index (χ3n) is 3.19. The molecule has 0 aromatic heterocycles. The smallest absolute Gasteiger partial charge is 0.118 e. The predicted molar refractivity (Wildman–Crippen MR) is 81.6 cm³/mol. The number of methoxy groups -OCH3 is 2. The summed E-state index contributed by atoms with van der Waals surface area (Å²) in [5, 5.41) is 0.881. The number of benzene rings is 2. The Balaban J connectivity index is 2.26. The molecular weight excluding hydrogens is 304 g/mol. The first-order valence-corrected chi connectivity index (χ1v) is 7.24. The van der Waals surface area contributed by atoms with Crippen LogP contribution in [-0.4, -0.2) is 19.5 Å². The van der Waals surface area contributed by atoms with E-state index in [2.05, 4.69) is 40.2 Å². The summed E-state index contributed by atoms with van der Waals surface area (Å²) in [5.74, 6) is 2.09. The van der Waals surface area contributed by atoms with Gasteiger partial charge in [-0.2, -0.15) is 0 Å². The van der Waals surface area contributed by atoms with Crippen molar-refractivity contribution >= 4 is 15.9 Å². The highest BCUT2D eigenvalue weighted by atomic mass is 79.9.